The van der Waals surface area contributed by atoms with Crippen molar-refractivity contribution in [1.82, 2.24) is 24.6 Å². The van der Waals surface area contributed by atoms with E-state index in [1.54, 1.807) is 16.9 Å². The quantitative estimate of drug-likeness (QED) is 0.520. The van der Waals surface area contributed by atoms with E-state index in [4.69, 9.17) is 0 Å². The van der Waals surface area contributed by atoms with E-state index >= 15 is 0 Å². The van der Waals surface area contributed by atoms with Gasteiger partial charge in [0.25, 0.3) is 0 Å². The maximum atomic E-state index is 4.58. The first-order valence-electron chi connectivity index (χ1n) is 5.46. The summed E-state index contributed by atoms with van der Waals surface area (Å²) >= 11 is 1.52. The summed E-state index contributed by atoms with van der Waals surface area (Å²) in [7, 11) is 0. The lowest BCUT2D eigenvalue weighted by Crippen LogP contribution is -1.95. The minimum atomic E-state index is 0.749. The van der Waals surface area contributed by atoms with Crippen LogP contribution in [-0.2, 0) is 0 Å². The molecule has 0 aliphatic rings. The van der Waals surface area contributed by atoms with Gasteiger partial charge in [0.15, 0.2) is 10.8 Å². The number of rotatable bonds is 2. The van der Waals surface area contributed by atoms with E-state index in [1.807, 2.05) is 31.5 Å². The van der Waals surface area contributed by atoms with Gasteiger partial charge in [-0.05, 0) is 25.3 Å². The molecule has 0 spiro atoms. The van der Waals surface area contributed by atoms with Crippen molar-refractivity contribution in [3.8, 4) is 11.4 Å². The molecule has 0 atom stereocenters. The molecule has 3 aromatic rings. The van der Waals surface area contributed by atoms with Crippen LogP contribution < -0.4 is 0 Å². The molecular formula is C12H11N5S. The van der Waals surface area contributed by atoms with Crippen LogP contribution in [0.15, 0.2) is 35.9 Å². The summed E-state index contributed by atoms with van der Waals surface area (Å²) < 4.78 is 1.76. The van der Waals surface area contributed by atoms with Crippen molar-refractivity contribution >= 4 is 17.4 Å². The van der Waals surface area contributed by atoms with Gasteiger partial charge in [-0.3, -0.25) is 0 Å². The average molecular weight is 257 g/mol. The van der Waals surface area contributed by atoms with Crippen molar-refractivity contribution in [2.24, 2.45) is 0 Å². The summed E-state index contributed by atoms with van der Waals surface area (Å²) in [6, 6.07) is 3.77. The Morgan fingerprint density at radius 2 is 2.00 bits per heavy atom. The number of fused-ring (bicyclic) bond motifs is 1. The van der Waals surface area contributed by atoms with Crippen LogP contribution in [0.25, 0.3) is 17.0 Å². The van der Waals surface area contributed by atoms with Gasteiger partial charge in [0.2, 0.25) is 0 Å². The number of nitrogens with zero attached hydrogens (tertiary/aromatic N) is 5. The predicted octanol–water partition coefficient (Wildman–Crippen LogP) is 2.22. The predicted molar refractivity (Wildman–Crippen MR) is 70.5 cm³/mol. The lowest BCUT2D eigenvalue weighted by atomic mass is 10.3. The second-order valence-electron chi connectivity index (χ2n) is 3.84. The molecule has 3 aromatic heterocycles. The largest absolute Gasteiger partial charge is 0.231 e. The molecule has 0 radical (unpaired) electrons. The van der Waals surface area contributed by atoms with E-state index in [0.29, 0.717) is 0 Å². The van der Waals surface area contributed by atoms with E-state index in [9.17, 15) is 0 Å². The van der Waals surface area contributed by atoms with Gasteiger partial charge in [-0.25, -0.2) is 19.5 Å². The smallest absolute Gasteiger partial charge is 0.187 e. The fraction of sp³-hybridized carbons (Fsp3) is 0.167. The SMILES string of the molecule is CSc1nccc(-c2ccn3ncc(C)c3n2)n1. The highest BCUT2D eigenvalue weighted by Crippen LogP contribution is 2.18. The molecule has 6 heteroatoms. The Bertz CT molecular complexity index is 707. The minimum absolute atomic E-state index is 0.749. The van der Waals surface area contributed by atoms with E-state index in [1.165, 1.54) is 11.8 Å². The molecule has 0 saturated heterocycles. The molecule has 0 amide bonds. The van der Waals surface area contributed by atoms with Crippen molar-refractivity contribution in [2.75, 3.05) is 6.26 Å². The molecule has 3 heterocycles. The summed E-state index contributed by atoms with van der Waals surface area (Å²) in [6.45, 7) is 1.99. The zero-order valence-electron chi connectivity index (χ0n) is 10.0. The van der Waals surface area contributed by atoms with Gasteiger partial charge in [-0.15, -0.1) is 0 Å². The maximum absolute atomic E-state index is 4.58. The molecule has 0 N–H and O–H groups in total. The number of hydrogen-bond donors (Lipinski definition) is 0. The first-order valence-corrected chi connectivity index (χ1v) is 6.69. The van der Waals surface area contributed by atoms with Gasteiger partial charge in [0.1, 0.15) is 0 Å². The van der Waals surface area contributed by atoms with Gasteiger partial charge >= 0.3 is 0 Å². The molecule has 5 nitrogen and oxygen atoms in total. The number of hydrogen-bond acceptors (Lipinski definition) is 5. The van der Waals surface area contributed by atoms with Crippen LogP contribution in [-0.4, -0.2) is 30.8 Å². The fourth-order valence-electron chi connectivity index (χ4n) is 1.71. The Morgan fingerprint density at radius 1 is 1.17 bits per heavy atom. The topological polar surface area (TPSA) is 56.0 Å². The number of aryl methyl sites for hydroxylation is 1. The summed E-state index contributed by atoms with van der Waals surface area (Å²) in [5.41, 5.74) is 3.58. The Hall–Kier alpha value is -1.95. The second kappa shape index (κ2) is 4.38. The Balaban J connectivity index is 2.15. The number of aromatic nitrogens is 5. The normalized spacial score (nSPS) is 11.0. The van der Waals surface area contributed by atoms with Gasteiger partial charge in [0.05, 0.1) is 17.6 Å². The molecule has 0 fully saturated rings. The van der Waals surface area contributed by atoms with E-state index in [2.05, 4.69) is 20.1 Å². The zero-order chi connectivity index (χ0) is 12.5. The first kappa shape index (κ1) is 11.2. The summed E-state index contributed by atoms with van der Waals surface area (Å²) in [5.74, 6) is 0. The highest BCUT2D eigenvalue weighted by molar-refractivity contribution is 7.98. The molecule has 3 rings (SSSR count). The van der Waals surface area contributed by atoms with Crippen LogP contribution in [0.4, 0.5) is 0 Å². The molecule has 0 saturated carbocycles. The lowest BCUT2D eigenvalue weighted by Gasteiger charge is -2.02. The average Bonchev–Trinajstić information content (AvgIpc) is 2.80. The second-order valence-corrected chi connectivity index (χ2v) is 4.61. The summed E-state index contributed by atoms with van der Waals surface area (Å²) in [6.07, 6.45) is 7.41. The fourth-order valence-corrected chi connectivity index (χ4v) is 2.06. The molecular weight excluding hydrogens is 246 g/mol. The summed E-state index contributed by atoms with van der Waals surface area (Å²) in [4.78, 5) is 13.2. The van der Waals surface area contributed by atoms with Gasteiger partial charge < -0.3 is 0 Å². The maximum Gasteiger partial charge on any atom is 0.187 e. The highest BCUT2D eigenvalue weighted by Gasteiger charge is 2.06. The third-order valence-electron chi connectivity index (χ3n) is 2.62. The number of thioether (sulfide) groups is 1. The zero-order valence-corrected chi connectivity index (χ0v) is 10.8. The monoisotopic (exact) mass is 257 g/mol. The van der Waals surface area contributed by atoms with Crippen molar-refractivity contribution in [2.45, 2.75) is 12.1 Å². The molecule has 0 aliphatic heterocycles. The minimum Gasteiger partial charge on any atom is -0.231 e. The van der Waals surface area contributed by atoms with Crippen LogP contribution >= 0.6 is 11.8 Å². The van der Waals surface area contributed by atoms with Crippen LogP contribution in [0.3, 0.4) is 0 Å². The van der Waals surface area contributed by atoms with Crippen molar-refractivity contribution in [3.05, 3.63) is 36.3 Å². The van der Waals surface area contributed by atoms with Gasteiger partial charge in [-0.1, -0.05) is 11.8 Å². The highest BCUT2D eigenvalue weighted by atomic mass is 32.2. The Labute approximate surface area is 108 Å². The van der Waals surface area contributed by atoms with Crippen LogP contribution in [0, 0.1) is 6.92 Å². The molecule has 90 valence electrons. The Kier molecular flexibility index (Phi) is 2.71. The van der Waals surface area contributed by atoms with E-state index in [-0.39, 0.29) is 0 Å². The van der Waals surface area contributed by atoms with Crippen molar-refractivity contribution in [3.63, 3.8) is 0 Å². The first-order chi connectivity index (χ1) is 8.78. The lowest BCUT2D eigenvalue weighted by molar-refractivity contribution is 0.932. The van der Waals surface area contributed by atoms with Crippen LogP contribution in [0.2, 0.25) is 0 Å². The van der Waals surface area contributed by atoms with Gasteiger partial charge in [-0.2, -0.15) is 5.10 Å². The van der Waals surface area contributed by atoms with Crippen molar-refractivity contribution < 1.29 is 0 Å². The van der Waals surface area contributed by atoms with Crippen LogP contribution in [0.5, 0.6) is 0 Å². The standard InChI is InChI=1S/C12H11N5S/c1-8-7-14-17-6-4-10(15-11(8)17)9-3-5-13-12(16-9)18-2/h3-7H,1-2H3. The van der Waals surface area contributed by atoms with E-state index in [0.717, 1.165) is 27.8 Å². The molecule has 18 heavy (non-hydrogen) atoms. The third kappa shape index (κ3) is 1.84. The molecule has 0 bridgehead atoms. The third-order valence-corrected chi connectivity index (χ3v) is 3.19. The Morgan fingerprint density at radius 3 is 2.83 bits per heavy atom. The van der Waals surface area contributed by atoms with Crippen molar-refractivity contribution in [1.29, 1.82) is 0 Å². The van der Waals surface area contributed by atoms with Crippen LogP contribution in [0.1, 0.15) is 5.56 Å². The summed E-state index contributed by atoms with van der Waals surface area (Å²) in [5, 5.41) is 4.95. The molecule has 0 aromatic carbocycles. The van der Waals surface area contributed by atoms with Gasteiger partial charge in [0, 0.05) is 18.0 Å². The van der Waals surface area contributed by atoms with E-state index < -0.39 is 0 Å². The molecule has 0 unspecified atom stereocenters. The molecule has 0 aliphatic carbocycles.